The number of carbonyl (C=O) groups is 1. The fraction of sp³-hybridized carbons (Fsp3) is 0.478. The van der Waals surface area contributed by atoms with Crippen LogP contribution < -0.4 is 5.32 Å². The molecule has 1 N–H and O–H groups in total. The van der Waals surface area contributed by atoms with Gasteiger partial charge in [0.25, 0.3) is 0 Å². The molecule has 3 heterocycles. The average molecular weight is 458 g/mol. The van der Waals surface area contributed by atoms with Crippen LogP contribution in [0.5, 0.6) is 0 Å². The molecule has 3 aromatic rings. The summed E-state index contributed by atoms with van der Waals surface area (Å²) in [6, 6.07) is 8.20. The number of amides is 1. The fourth-order valence-corrected chi connectivity index (χ4v) is 4.24. The van der Waals surface area contributed by atoms with E-state index in [0.29, 0.717) is 37.8 Å². The Bertz CT molecular complexity index is 1150. The third-order valence-corrected chi connectivity index (χ3v) is 6.36. The van der Waals surface area contributed by atoms with Gasteiger partial charge in [-0.2, -0.15) is 18.3 Å². The van der Waals surface area contributed by atoms with Crippen molar-refractivity contribution in [2.75, 3.05) is 25.0 Å². The molecule has 1 aromatic carbocycles. The Labute approximate surface area is 189 Å². The largest absolute Gasteiger partial charge is 0.390 e. The molecule has 1 saturated heterocycles. The number of nitrogens with one attached hydrogen (secondary N) is 1. The number of alkyl halides is 3. The second-order valence-corrected chi connectivity index (χ2v) is 8.91. The van der Waals surface area contributed by atoms with Crippen molar-refractivity contribution in [1.82, 2.24) is 24.9 Å². The molecule has 0 radical (unpaired) electrons. The summed E-state index contributed by atoms with van der Waals surface area (Å²) in [6.07, 6.45) is 2.34. The minimum Gasteiger partial charge on any atom is -0.309 e. The van der Waals surface area contributed by atoms with E-state index in [-0.39, 0.29) is 18.4 Å². The van der Waals surface area contributed by atoms with Crippen molar-refractivity contribution >= 4 is 22.6 Å². The zero-order chi connectivity index (χ0) is 23.0. The van der Waals surface area contributed by atoms with Crippen LogP contribution in [-0.4, -0.2) is 56.6 Å². The van der Waals surface area contributed by atoms with E-state index < -0.39 is 12.6 Å². The highest BCUT2D eigenvalue weighted by Gasteiger charge is 2.30. The summed E-state index contributed by atoms with van der Waals surface area (Å²) in [4.78, 5) is 14.5. The summed E-state index contributed by atoms with van der Waals surface area (Å²) in [7, 11) is 0. The molecule has 10 heteroatoms. The van der Waals surface area contributed by atoms with Crippen LogP contribution in [-0.2, 0) is 4.79 Å². The minimum atomic E-state index is -4.15. The van der Waals surface area contributed by atoms with E-state index in [2.05, 4.69) is 26.8 Å². The van der Waals surface area contributed by atoms with Gasteiger partial charge in [-0.1, -0.05) is 6.07 Å². The normalized spacial score (nSPS) is 18.0. The molecule has 2 aromatic heterocycles. The second kappa shape index (κ2) is 8.74. The molecule has 33 heavy (non-hydrogen) atoms. The Hall–Kier alpha value is -3.01. The number of hydrogen-bond donors (Lipinski definition) is 1. The van der Waals surface area contributed by atoms with Crippen LogP contribution in [0.25, 0.3) is 22.0 Å². The molecular formula is C23H25F3N6O. The lowest BCUT2D eigenvalue weighted by atomic mass is 9.96. The summed E-state index contributed by atoms with van der Waals surface area (Å²) in [5.41, 5.74) is 2.78. The van der Waals surface area contributed by atoms with E-state index in [1.165, 1.54) is 12.8 Å². The maximum Gasteiger partial charge on any atom is 0.390 e. The first-order valence-corrected chi connectivity index (χ1v) is 11.3. The van der Waals surface area contributed by atoms with Gasteiger partial charge in [0.15, 0.2) is 5.82 Å². The Morgan fingerprint density at radius 2 is 1.85 bits per heavy atom. The van der Waals surface area contributed by atoms with E-state index in [1.54, 1.807) is 11.0 Å². The number of piperidine rings is 1. The fourth-order valence-electron chi connectivity index (χ4n) is 4.24. The predicted molar refractivity (Wildman–Crippen MR) is 117 cm³/mol. The van der Waals surface area contributed by atoms with Crippen LogP contribution in [0.3, 0.4) is 0 Å². The molecule has 7 nitrogen and oxygen atoms in total. The lowest BCUT2D eigenvalue weighted by Gasteiger charge is -2.31. The van der Waals surface area contributed by atoms with Crippen LogP contribution in [0.2, 0.25) is 0 Å². The zero-order valence-electron chi connectivity index (χ0n) is 18.1. The van der Waals surface area contributed by atoms with Gasteiger partial charge in [0.05, 0.1) is 24.2 Å². The van der Waals surface area contributed by atoms with E-state index in [1.807, 2.05) is 29.1 Å². The molecule has 0 unspecified atom stereocenters. The number of aromatic nitrogens is 4. The lowest BCUT2D eigenvalue weighted by Crippen LogP contribution is -2.39. The molecule has 0 bridgehead atoms. The van der Waals surface area contributed by atoms with Gasteiger partial charge in [-0.05, 0) is 62.5 Å². The van der Waals surface area contributed by atoms with Crippen LogP contribution in [0, 0.1) is 5.92 Å². The van der Waals surface area contributed by atoms with Crippen molar-refractivity contribution in [3.63, 3.8) is 0 Å². The highest BCUT2D eigenvalue weighted by Crippen LogP contribution is 2.35. The maximum absolute atomic E-state index is 12.7. The number of hydrogen-bond acceptors (Lipinski definition) is 5. The van der Waals surface area contributed by atoms with Gasteiger partial charge in [-0.25, -0.2) is 0 Å². The molecule has 1 aliphatic heterocycles. The quantitative estimate of drug-likeness (QED) is 0.592. The topological polar surface area (TPSA) is 75.9 Å². The Morgan fingerprint density at radius 1 is 1.06 bits per heavy atom. The third kappa shape index (κ3) is 5.32. The molecule has 5 rings (SSSR count). The Kier molecular flexibility index (Phi) is 5.77. The summed E-state index contributed by atoms with van der Waals surface area (Å²) in [5.74, 6) is -0.0388. The van der Waals surface area contributed by atoms with E-state index in [9.17, 15) is 18.0 Å². The number of nitrogens with zero attached hydrogens (tertiary/aromatic N) is 5. The van der Waals surface area contributed by atoms with Gasteiger partial charge in [-0.3, -0.25) is 9.48 Å². The van der Waals surface area contributed by atoms with Crippen molar-refractivity contribution < 1.29 is 18.0 Å². The van der Waals surface area contributed by atoms with Crippen molar-refractivity contribution in [2.45, 2.75) is 44.3 Å². The van der Waals surface area contributed by atoms with Crippen molar-refractivity contribution in [1.29, 1.82) is 0 Å². The van der Waals surface area contributed by atoms with Crippen LogP contribution >= 0.6 is 0 Å². The second-order valence-electron chi connectivity index (χ2n) is 8.91. The molecule has 174 valence electrons. The number of anilines is 1. The van der Waals surface area contributed by atoms with Gasteiger partial charge in [0.1, 0.15) is 0 Å². The van der Waals surface area contributed by atoms with Crippen LogP contribution in [0.15, 0.2) is 36.7 Å². The van der Waals surface area contributed by atoms with Crippen LogP contribution in [0.1, 0.15) is 38.1 Å². The number of carbonyl (C=O) groups excluding carboxylic acids is 1. The standard InChI is InChI=1S/C23H25F3N6O/c24-23(25,26)7-10-31-8-5-15(6-9-31)22(33)28-21-12-17-11-16(1-4-20(17)29-30-21)18-13-27-32(14-18)19-2-3-19/h1,4,11-15,19H,2-3,5-10H2,(H,28,30,33). The third-order valence-electron chi connectivity index (χ3n) is 6.36. The van der Waals surface area contributed by atoms with E-state index >= 15 is 0 Å². The summed E-state index contributed by atoms with van der Waals surface area (Å²) < 4.78 is 39.3. The highest BCUT2D eigenvalue weighted by atomic mass is 19.4. The first-order chi connectivity index (χ1) is 15.8. The minimum absolute atomic E-state index is 0.0180. The van der Waals surface area contributed by atoms with E-state index in [0.717, 1.165) is 22.0 Å². The van der Waals surface area contributed by atoms with E-state index in [4.69, 9.17) is 0 Å². The highest BCUT2D eigenvalue weighted by molar-refractivity contribution is 5.94. The van der Waals surface area contributed by atoms with Gasteiger partial charge in [0.2, 0.25) is 5.91 Å². The van der Waals surface area contributed by atoms with Gasteiger partial charge in [0, 0.05) is 29.6 Å². The first kappa shape index (κ1) is 21.8. The van der Waals surface area contributed by atoms with Crippen molar-refractivity contribution in [2.24, 2.45) is 5.92 Å². The molecule has 1 aliphatic carbocycles. The summed E-state index contributed by atoms with van der Waals surface area (Å²) in [6.45, 7) is 0.945. The number of likely N-dealkylation sites (tertiary alicyclic amines) is 1. The predicted octanol–water partition coefficient (Wildman–Crippen LogP) is 4.43. The van der Waals surface area contributed by atoms with Crippen LogP contribution in [0.4, 0.5) is 19.0 Å². The lowest BCUT2D eigenvalue weighted by molar-refractivity contribution is -0.139. The first-order valence-electron chi connectivity index (χ1n) is 11.3. The van der Waals surface area contributed by atoms with Gasteiger partial charge < -0.3 is 10.2 Å². The monoisotopic (exact) mass is 458 g/mol. The Morgan fingerprint density at radius 3 is 2.58 bits per heavy atom. The number of benzene rings is 1. The molecular weight excluding hydrogens is 433 g/mol. The molecule has 0 atom stereocenters. The SMILES string of the molecule is O=C(Nc1cc2cc(-c3cnn(C4CC4)c3)ccc2nn1)C1CCN(CCC(F)(F)F)CC1. The molecule has 1 saturated carbocycles. The molecule has 2 fully saturated rings. The number of fused-ring (bicyclic) bond motifs is 1. The number of rotatable bonds is 6. The van der Waals surface area contributed by atoms with Gasteiger partial charge >= 0.3 is 6.18 Å². The van der Waals surface area contributed by atoms with Crippen molar-refractivity contribution in [3.8, 4) is 11.1 Å². The number of halogens is 3. The summed E-state index contributed by atoms with van der Waals surface area (Å²) >= 11 is 0. The summed E-state index contributed by atoms with van der Waals surface area (Å²) in [5, 5.41) is 16.5. The smallest absolute Gasteiger partial charge is 0.309 e. The molecule has 2 aliphatic rings. The van der Waals surface area contributed by atoms with Crippen molar-refractivity contribution in [3.05, 3.63) is 36.7 Å². The molecule has 0 spiro atoms. The zero-order valence-corrected chi connectivity index (χ0v) is 18.1. The molecule has 1 amide bonds. The average Bonchev–Trinajstić information content (AvgIpc) is 3.53. The maximum atomic E-state index is 12.7. The van der Waals surface area contributed by atoms with Gasteiger partial charge in [-0.15, -0.1) is 10.2 Å². The Balaban J connectivity index is 1.22.